The Morgan fingerprint density at radius 2 is 1.21 bits per heavy atom. The van der Waals surface area contributed by atoms with Gasteiger partial charge < -0.3 is 5.32 Å². The van der Waals surface area contributed by atoms with Crippen LogP contribution in [0, 0.1) is 0 Å². The summed E-state index contributed by atoms with van der Waals surface area (Å²) in [4.78, 5) is 2.78. The maximum atomic E-state index is 3.64. The summed E-state index contributed by atoms with van der Waals surface area (Å²) in [5.41, 5.74) is 0. The third-order valence-corrected chi connectivity index (χ3v) is 5.21. The van der Waals surface area contributed by atoms with Crippen LogP contribution in [0.4, 0.5) is 0 Å². The molecule has 0 bridgehead atoms. The predicted molar refractivity (Wildman–Crippen MR) is 83.6 cm³/mol. The van der Waals surface area contributed by atoms with Crippen molar-refractivity contribution in [2.24, 2.45) is 0 Å². The van der Waals surface area contributed by atoms with Gasteiger partial charge in [0.15, 0.2) is 0 Å². The van der Waals surface area contributed by atoms with Gasteiger partial charge >= 0.3 is 0 Å². The average molecular weight is 266 g/mol. The molecule has 2 heteroatoms. The Morgan fingerprint density at radius 3 is 1.79 bits per heavy atom. The van der Waals surface area contributed by atoms with Gasteiger partial charge in [-0.05, 0) is 45.8 Å². The monoisotopic (exact) mass is 266 g/mol. The molecule has 0 spiro atoms. The molecule has 2 fully saturated rings. The van der Waals surface area contributed by atoms with E-state index in [4.69, 9.17) is 0 Å². The minimum atomic E-state index is 0.734. The van der Waals surface area contributed by atoms with Gasteiger partial charge in [0.1, 0.15) is 0 Å². The second-order valence-corrected chi connectivity index (χ2v) is 6.61. The highest BCUT2D eigenvalue weighted by Crippen LogP contribution is 2.23. The van der Waals surface area contributed by atoms with Crippen molar-refractivity contribution in [3.05, 3.63) is 0 Å². The normalized spacial score (nSPS) is 32.7. The average Bonchev–Trinajstić information content (AvgIpc) is 2.93. The minimum Gasteiger partial charge on any atom is -0.315 e. The van der Waals surface area contributed by atoms with E-state index in [0.717, 1.165) is 12.1 Å². The molecule has 2 nitrogen and oxygen atoms in total. The lowest BCUT2D eigenvalue weighted by Gasteiger charge is -2.35. The summed E-state index contributed by atoms with van der Waals surface area (Å²) in [6.07, 6.45) is 17.3. The van der Waals surface area contributed by atoms with E-state index >= 15 is 0 Å². The molecular weight excluding hydrogens is 232 g/mol. The van der Waals surface area contributed by atoms with Gasteiger partial charge in [-0.2, -0.15) is 0 Å². The van der Waals surface area contributed by atoms with Gasteiger partial charge in [-0.15, -0.1) is 0 Å². The first-order valence-electron chi connectivity index (χ1n) is 8.83. The van der Waals surface area contributed by atoms with E-state index in [2.05, 4.69) is 17.3 Å². The summed E-state index contributed by atoms with van der Waals surface area (Å²) in [5, 5.41) is 3.64. The van der Waals surface area contributed by atoms with Gasteiger partial charge in [-0.1, -0.05) is 51.4 Å². The molecule has 2 atom stereocenters. The molecule has 1 N–H and O–H groups in total. The number of nitrogens with zero attached hydrogens (tertiary/aromatic N) is 1. The molecule has 1 heterocycles. The van der Waals surface area contributed by atoms with Crippen LogP contribution in [0.25, 0.3) is 0 Å². The molecule has 1 aliphatic carbocycles. The second kappa shape index (κ2) is 8.97. The quantitative estimate of drug-likeness (QED) is 0.814. The van der Waals surface area contributed by atoms with Gasteiger partial charge in [-0.25, -0.2) is 0 Å². The van der Waals surface area contributed by atoms with Crippen LogP contribution in [0.5, 0.6) is 0 Å². The fourth-order valence-electron chi connectivity index (χ4n) is 4.02. The largest absolute Gasteiger partial charge is 0.315 e. The first-order chi connectivity index (χ1) is 9.42. The standard InChI is InChI=1S/C17H34N2/c1-18-16-12-8-6-4-2-3-5-7-9-13-17(16)19-14-10-11-15-19/h16-18H,2-15H2,1H3. The molecule has 112 valence electrons. The number of hydrogen-bond acceptors (Lipinski definition) is 2. The Labute approximate surface area is 120 Å². The maximum absolute atomic E-state index is 3.64. The van der Waals surface area contributed by atoms with E-state index in [-0.39, 0.29) is 0 Å². The Morgan fingerprint density at radius 1 is 0.684 bits per heavy atom. The Balaban J connectivity index is 1.91. The lowest BCUT2D eigenvalue weighted by Crippen LogP contribution is -2.48. The van der Waals surface area contributed by atoms with Crippen LogP contribution in [0.15, 0.2) is 0 Å². The zero-order valence-corrected chi connectivity index (χ0v) is 13.0. The molecule has 2 unspecified atom stereocenters. The number of hydrogen-bond donors (Lipinski definition) is 1. The lowest BCUT2D eigenvalue weighted by molar-refractivity contribution is 0.172. The van der Waals surface area contributed by atoms with Crippen molar-refractivity contribution in [3.63, 3.8) is 0 Å². The molecule has 1 saturated heterocycles. The molecule has 0 aromatic rings. The van der Waals surface area contributed by atoms with E-state index < -0.39 is 0 Å². The van der Waals surface area contributed by atoms with Crippen LogP contribution in [0.2, 0.25) is 0 Å². The molecule has 0 amide bonds. The van der Waals surface area contributed by atoms with Crippen molar-refractivity contribution >= 4 is 0 Å². The summed E-state index contributed by atoms with van der Waals surface area (Å²) in [5.74, 6) is 0. The Hall–Kier alpha value is -0.0800. The summed E-state index contributed by atoms with van der Waals surface area (Å²) in [7, 11) is 2.18. The highest BCUT2D eigenvalue weighted by Gasteiger charge is 2.27. The van der Waals surface area contributed by atoms with Crippen LogP contribution in [-0.4, -0.2) is 37.1 Å². The van der Waals surface area contributed by atoms with Gasteiger partial charge in [0.2, 0.25) is 0 Å². The van der Waals surface area contributed by atoms with Crippen molar-refractivity contribution < 1.29 is 0 Å². The molecule has 1 saturated carbocycles. The van der Waals surface area contributed by atoms with Crippen LogP contribution in [0.3, 0.4) is 0 Å². The summed E-state index contributed by atoms with van der Waals surface area (Å²) >= 11 is 0. The summed E-state index contributed by atoms with van der Waals surface area (Å²) in [6, 6.07) is 1.55. The second-order valence-electron chi connectivity index (χ2n) is 6.61. The first kappa shape index (κ1) is 15.3. The van der Waals surface area contributed by atoms with Crippen molar-refractivity contribution in [2.45, 2.75) is 89.1 Å². The van der Waals surface area contributed by atoms with Crippen molar-refractivity contribution in [2.75, 3.05) is 20.1 Å². The third kappa shape index (κ3) is 5.07. The molecule has 2 rings (SSSR count). The van der Waals surface area contributed by atoms with Gasteiger partial charge in [-0.3, -0.25) is 4.90 Å². The number of likely N-dealkylation sites (tertiary alicyclic amines) is 1. The van der Waals surface area contributed by atoms with E-state index in [1.165, 1.54) is 90.1 Å². The smallest absolute Gasteiger partial charge is 0.0249 e. The Kier molecular flexibility index (Phi) is 7.23. The molecule has 0 radical (unpaired) electrons. The summed E-state index contributed by atoms with van der Waals surface area (Å²) < 4.78 is 0. The number of rotatable bonds is 2. The van der Waals surface area contributed by atoms with E-state index in [0.29, 0.717) is 0 Å². The predicted octanol–water partition coefficient (Wildman–Crippen LogP) is 3.95. The van der Waals surface area contributed by atoms with Crippen LogP contribution >= 0.6 is 0 Å². The zero-order chi connectivity index (χ0) is 13.3. The zero-order valence-electron chi connectivity index (χ0n) is 13.0. The van der Waals surface area contributed by atoms with E-state index in [1.807, 2.05) is 0 Å². The van der Waals surface area contributed by atoms with Crippen LogP contribution in [-0.2, 0) is 0 Å². The van der Waals surface area contributed by atoms with Gasteiger partial charge in [0.05, 0.1) is 0 Å². The van der Waals surface area contributed by atoms with Crippen LogP contribution in [0.1, 0.15) is 77.0 Å². The highest BCUT2D eigenvalue weighted by atomic mass is 15.2. The van der Waals surface area contributed by atoms with Gasteiger partial charge in [0.25, 0.3) is 0 Å². The fourth-order valence-corrected chi connectivity index (χ4v) is 4.02. The molecule has 19 heavy (non-hydrogen) atoms. The molecule has 0 aromatic heterocycles. The van der Waals surface area contributed by atoms with Crippen molar-refractivity contribution in [1.82, 2.24) is 10.2 Å². The fraction of sp³-hybridized carbons (Fsp3) is 1.00. The summed E-state index contributed by atoms with van der Waals surface area (Å²) in [6.45, 7) is 2.70. The minimum absolute atomic E-state index is 0.734. The maximum Gasteiger partial charge on any atom is 0.0249 e. The molecule has 1 aliphatic heterocycles. The van der Waals surface area contributed by atoms with E-state index in [9.17, 15) is 0 Å². The topological polar surface area (TPSA) is 15.3 Å². The SMILES string of the molecule is CNC1CCCCCCCCCCC1N1CCCC1. The molecule has 0 aromatic carbocycles. The highest BCUT2D eigenvalue weighted by molar-refractivity contribution is 4.86. The lowest BCUT2D eigenvalue weighted by atomic mass is 9.93. The molecule has 2 aliphatic rings. The first-order valence-corrected chi connectivity index (χ1v) is 8.83. The Bertz CT molecular complexity index is 223. The molecular formula is C17H34N2. The number of nitrogens with one attached hydrogen (secondary N) is 1. The van der Waals surface area contributed by atoms with Crippen LogP contribution < -0.4 is 5.32 Å². The van der Waals surface area contributed by atoms with Crippen molar-refractivity contribution in [3.8, 4) is 0 Å². The van der Waals surface area contributed by atoms with Gasteiger partial charge in [0, 0.05) is 12.1 Å². The third-order valence-electron chi connectivity index (χ3n) is 5.21. The van der Waals surface area contributed by atoms with Crippen molar-refractivity contribution in [1.29, 1.82) is 0 Å². The van der Waals surface area contributed by atoms with E-state index in [1.54, 1.807) is 0 Å². The number of likely N-dealkylation sites (N-methyl/N-ethyl adjacent to an activating group) is 1.